The van der Waals surface area contributed by atoms with Gasteiger partial charge in [0.05, 0.1) is 18.8 Å². The maximum atomic E-state index is 13.0. The monoisotopic (exact) mass is 425 g/mol. The number of amides is 2. The van der Waals surface area contributed by atoms with E-state index < -0.39 is 17.7 Å². The van der Waals surface area contributed by atoms with E-state index in [1.54, 1.807) is 30.3 Å². The van der Waals surface area contributed by atoms with Crippen molar-refractivity contribution in [3.63, 3.8) is 0 Å². The number of hydrogen-bond donors (Lipinski definition) is 1. The molecule has 30 heavy (non-hydrogen) atoms. The molecule has 1 atom stereocenters. The first-order valence-corrected chi connectivity index (χ1v) is 9.78. The Morgan fingerprint density at radius 1 is 1.20 bits per heavy atom. The summed E-state index contributed by atoms with van der Waals surface area (Å²) >= 11 is 5.21. The Morgan fingerprint density at radius 2 is 1.97 bits per heavy atom. The molecule has 0 unspecified atom stereocenters. The maximum Gasteiger partial charge on any atom is 0.251 e. The minimum Gasteiger partial charge on any atom is -0.494 e. The second-order valence-electron chi connectivity index (χ2n) is 6.55. The number of thiocarbonyl (C=S) groups is 1. The molecule has 9 heteroatoms. The van der Waals surface area contributed by atoms with Crippen LogP contribution in [0.4, 0.5) is 5.69 Å². The molecule has 0 aliphatic carbocycles. The first kappa shape index (κ1) is 19.8. The Hall–Kier alpha value is -3.46. The predicted molar refractivity (Wildman–Crippen MR) is 114 cm³/mol. The molecular formula is C21H19N3O5S. The van der Waals surface area contributed by atoms with Gasteiger partial charge in [-0.25, -0.2) is 0 Å². The van der Waals surface area contributed by atoms with E-state index in [9.17, 15) is 9.59 Å². The van der Waals surface area contributed by atoms with Crippen molar-refractivity contribution in [1.82, 2.24) is 5.32 Å². The highest BCUT2D eigenvalue weighted by Crippen LogP contribution is 2.32. The molecule has 0 bridgehead atoms. The lowest BCUT2D eigenvalue weighted by molar-refractivity contribution is -0.130. The Kier molecular flexibility index (Phi) is 5.62. The molecular weight excluding hydrogens is 406 g/mol. The average Bonchev–Trinajstić information content (AvgIpc) is 3.19. The molecule has 1 N–H and O–H groups in total. The van der Waals surface area contributed by atoms with Crippen molar-refractivity contribution in [3.8, 4) is 17.2 Å². The highest BCUT2D eigenvalue weighted by atomic mass is 32.1. The zero-order valence-electron chi connectivity index (χ0n) is 16.2. The quantitative estimate of drug-likeness (QED) is 0.434. The van der Waals surface area contributed by atoms with Crippen molar-refractivity contribution in [3.05, 3.63) is 48.0 Å². The zero-order valence-corrected chi connectivity index (χ0v) is 17.0. The van der Waals surface area contributed by atoms with Crippen LogP contribution in [0.2, 0.25) is 0 Å². The molecule has 8 nitrogen and oxygen atoms in total. The molecule has 0 saturated carbocycles. The Morgan fingerprint density at radius 3 is 2.73 bits per heavy atom. The van der Waals surface area contributed by atoms with Crippen molar-refractivity contribution in [2.24, 2.45) is 10.9 Å². The number of benzene rings is 2. The molecule has 2 aromatic rings. The molecule has 2 aliphatic rings. The van der Waals surface area contributed by atoms with Crippen LogP contribution in [0.5, 0.6) is 17.2 Å². The third-order valence-electron chi connectivity index (χ3n) is 4.57. The molecule has 2 aliphatic heterocycles. The lowest BCUT2D eigenvalue weighted by Crippen LogP contribution is -2.58. The van der Waals surface area contributed by atoms with Gasteiger partial charge in [0.25, 0.3) is 5.91 Å². The number of hydrogen-bond acceptors (Lipinski definition) is 7. The number of aliphatic imine (C=N–C) groups is 1. The number of rotatable bonds is 6. The number of nitrogens with zero attached hydrogens (tertiary/aromatic N) is 2. The van der Waals surface area contributed by atoms with Crippen molar-refractivity contribution in [1.29, 1.82) is 0 Å². The largest absolute Gasteiger partial charge is 0.494 e. The van der Waals surface area contributed by atoms with Crippen LogP contribution in [0.3, 0.4) is 0 Å². The fourth-order valence-corrected chi connectivity index (χ4v) is 3.42. The summed E-state index contributed by atoms with van der Waals surface area (Å²) in [7, 11) is 0. The van der Waals surface area contributed by atoms with Crippen LogP contribution in [0, 0.1) is 5.92 Å². The number of ether oxygens (including phenoxy) is 3. The van der Waals surface area contributed by atoms with Crippen molar-refractivity contribution >= 4 is 41.0 Å². The first-order chi connectivity index (χ1) is 14.6. The van der Waals surface area contributed by atoms with Crippen molar-refractivity contribution in [2.45, 2.75) is 13.5 Å². The second-order valence-corrected chi connectivity index (χ2v) is 6.94. The average molecular weight is 425 g/mol. The summed E-state index contributed by atoms with van der Waals surface area (Å²) in [6.45, 7) is 2.92. The third kappa shape index (κ3) is 3.97. The van der Waals surface area contributed by atoms with Crippen LogP contribution in [-0.4, -0.2) is 36.5 Å². The Balaban J connectivity index is 1.48. The zero-order chi connectivity index (χ0) is 21.1. The van der Waals surface area contributed by atoms with Gasteiger partial charge in [-0.1, -0.05) is 6.07 Å². The van der Waals surface area contributed by atoms with Crippen molar-refractivity contribution in [2.75, 3.05) is 18.3 Å². The van der Waals surface area contributed by atoms with Gasteiger partial charge in [0, 0.05) is 6.21 Å². The lowest BCUT2D eigenvalue weighted by Gasteiger charge is -2.31. The molecule has 1 saturated heterocycles. The summed E-state index contributed by atoms with van der Waals surface area (Å²) in [6.07, 6.45) is 1.35. The molecule has 2 amide bonds. The molecule has 154 valence electrons. The highest BCUT2D eigenvalue weighted by Gasteiger charge is 2.38. The van der Waals surface area contributed by atoms with Crippen LogP contribution >= 0.6 is 12.2 Å². The highest BCUT2D eigenvalue weighted by molar-refractivity contribution is 7.80. The summed E-state index contributed by atoms with van der Waals surface area (Å²) in [6, 6.07) is 12.4. The number of anilines is 1. The second kappa shape index (κ2) is 8.50. The SMILES string of the molecule is CCOc1ccc(N2C(=O)[C@H](C=NCc3ccc4c(c3)OCO4)C(=O)NC2=S)cc1. The van der Waals surface area contributed by atoms with Gasteiger partial charge < -0.3 is 19.5 Å². The number of fused-ring (bicyclic) bond motifs is 1. The smallest absolute Gasteiger partial charge is 0.251 e. The summed E-state index contributed by atoms with van der Waals surface area (Å²) in [5.41, 5.74) is 1.42. The van der Waals surface area contributed by atoms with Gasteiger partial charge in [-0.15, -0.1) is 0 Å². The molecule has 1 fully saturated rings. The van der Waals surface area contributed by atoms with E-state index in [0.717, 1.165) is 5.56 Å². The van der Waals surface area contributed by atoms with E-state index in [-0.39, 0.29) is 11.9 Å². The van der Waals surface area contributed by atoms with Gasteiger partial charge in [0.2, 0.25) is 12.7 Å². The molecule has 2 aromatic carbocycles. The van der Waals surface area contributed by atoms with Crippen LogP contribution < -0.4 is 24.4 Å². The standard InChI is InChI=1S/C21H19N3O5S/c1-2-27-15-6-4-14(5-7-15)24-20(26)16(19(25)23-21(24)30)11-22-10-13-3-8-17-18(9-13)29-12-28-17/h3-9,11,16H,2,10,12H2,1H3,(H,23,25,30)/t16-/m1/s1. The summed E-state index contributed by atoms with van der Waals surface area (Å²) in [5, 5.41) is 2.61. The van der Waals surface area contributed by atoms with Gasteiger partial charge in [0.15, 0.2) is 22.5 Å². The van der Waals surface area contributed by atoms with Crippen LogP contribution in [0.1, 0.15) is 12.5 Å². The topological polar surface area (TPSA) is 89.5 Å². The number of nitrogens with one attached hydrogen (secondary N) is 1. The molecule has 0 radical (unpaired) electrons. The van der Waals surface area contributed by atoms with E-state index in [4.69, 9.17) is 26.4 Å². The van der Waals surface area contributed by atoms with E-state index in [1.165, 1.54) is 11.1 Å². The minimum absolute atomic E-state index is 0.0366. The molecule has 0 spiro atoms. The first-order valence-electron chi connectivity index (χ1n) is 9.37. The summed E-state index contributed by atoms with van der Waals surface area (Å²) in [5.74, 6) is -0.00552. The summed E-state index contributed by atoms with van der Waals surface area (Å²) in [4.78, 5) is 30.9. The van der Waals surface area contributed by atoms with Crippen LogP contribution in [-0.2, 0) is 16.1 Å². The fourth-order valence-electron chi connectivity index (χ4n) is 3.13. The van der Waals surface area contributed by atoms with Crippen molar-refractivity contribution < 1.29 is 23.8 Å². The Labute approximate surface area is 178 Å². The number of carbonyl (C=O) groups is 2. The molecule has 4 rings (SSSR count). The van der Waals surface area contributed by atoms with E-state index in [2.05, 4.69) is 10.3 Å². The van der Waals surface area contributed by atoms with E-state index in [1.807, 2.05) is 19.1 Å². The van der Waals surface area contributed by atoms with Crippen LogP contribution in [0.15, 0.2) is 47.5 Å². The molecule has 0 aromatic heterocycles. The van der Waals surface area contributed by atoms with Crippen LogP contribution in [0.25, 0.3) is 0 Å². The van der Waals surface area contributed by atoms with Gasteiger partial charge >= 0.3 is 0 Å². The lowest BCUT2D eigenvalue weighted by atomic mass is 10.1. The van der Waals surface area contributed by atoms with Gasteiger partial charge in [-0.3, -0.25) is 19.5 Å². The van der Waals surface area contributed by atoms with Gasteiger partial charge in [-0.2, -0.15) is 0 Å². The van der Waals surface area contributed by atoms with Gasteiger partial charge in [-0.05, 0) is 61.1 Å². The minimum atomic E-state index is -1.07. The van der Waals surface area contributed by atoms with E-state index >= 15 is 0 Å². The van der Waals surface area contributed by atoms with E-state index in [0.29, 0.717) is 36.1 Å². The number of carbonyl (C=O) groups excluding carboxylic acids is 2. The molecule has 2 heterocycles. The maximum absolute atomic E-state index is 13.0. The predicted octanol–water partition coefficient (Wildman–Crippen LogP) is 2.45. The summed E-state index contributed by atoms with van der Waals surface area (Å²) < 4.78 is 16.0. The normalized spacial score (nSPS) is 18.1. The third-order valence-corrected chi connectivity index (χ3v) is 4.86. The fraction of sp³-hybridized carbons (Fsp3) is 0.238. The Bertz CT molecular complexity index is 1020. The van der Waals surface area contributed by atoms with Gasteiger partial charge in [0.1, 0.15) is 5.75 Å².